The van der Waals surface area contributed by atoms with Crippen molar-refractivity contribution < 1.29 is 29.6 Å². The molecule has 6 heteroatoms. The van der Waals surface area contributed by atoms with Crippen molar-refractivity contribution in [2.45, 2.75) is 77.6 Å². The second-order valence-corrected chi connectivity index (χ2v) is 9.55. The molecule has 0 heterocycles. The summed E-state index contributed by atoms with van der Waals surface area (Å²) in [6, 6.07) is 0. The predicted octanol–water partition coefficient (Wildman–Crippen LogP) is 2.00. The molecule has 4 rings (SSSR count). The SMILES string of the molecule is COC(C)=O.C[C@]12CC[C@H](O)CC1=C[C@H](O)[C@H]1C3CCC(=O)[C@@]3(C)C[C@@H](O)[C@@H]12. The molecule has 0 bridgehead atoms. The van der Waals surface area contributed by atoms with E-state index in [0.29, 0.717) is 19.3 Å². The fraction of sp³-hybridized carbons (Fsp3) is 0.818. The Hall–Kier alpha value is -1.24. The maximum absolute atomic E-state index is 12.4. The van der Waals surface area contributed by atoms with E-state index in [9.17, 15) is 24.9 Å². The number of Topliss-reactive ketones (excluding diaryl/α,β-unsaturated/α-hetero) is 1. The Labute approximate surface area is 167 Å². The summed E-state index contributed by atoms with van der Waals surface area (Å²) in [6.45, 7) is 5.54. The average molecular weight is 395 g/mol. The van der Waals surface area contributed by atoms with Crippen molar-refractivity contribution in [1.29, 1.82) is 0 Å². The second kappa shape index (κ2) is 7.54. The minimum Gasteiger partial charge on any atom is -0.469 e. The van der Waals surface area contributed by atoms with Crippen LogP contribution in [0, 0.1) is 28.6 Å². The fourth-order valence-electron chi connectivity index (χ4n) is 6.52. The minimum absolute atomic E-state index is 0.00558. The van der Waals surface area contributed by atoms with Crippen LogP contribution in [-0.2, 0) is 14.3 Å². The van der Waals surface area contributed by atoms with Crippen LogP contribution in [0.3, 0.4) is 0 Å². The lowest BCUT2D eigenvalue weighted by Crippen LogP contribution is -2.59. The number of hydrogen-bond donors (Lipinski definition) is 3. The zero-order chi connectivity index (χ0) is 20.9. The molecule has 0 aliphatic heterocycles. The number of fused-ring (bicyclic) bond motifs is 5. The molecular formula is C22H34O6. The number of ketones is 1. The third-order valence-electron chi connectivity index (χ3n) is 8.04. The van der Waals surface area contributed by atoms with Crippen LogP contribution in [0.1, 0.15) is 59.3 Å². The zero-order valence-electron chi connectivity index (χ0n) is 17.4. The number of aliphatic hydroxyl groups excluding tert-OH is 3. The molecule has 4 aliphatic rings. The number of carbonyl (C=O) groups is 2. The van der Waals surface area contributed by atoms with Gasteiger partial charge < -0.3 is 20.1 Å². The summed E-state index contributed by atoms with van der Waals surface area (Å²) >= 11 is 0. The number of rotatable bonds is 0. The average Bonchev–Trinajstić information content (AvgIpc) is 2.91. The van der Waals surface area contributed by atoms with E-state index >= 15 is 0 Å². The molecule has 1 unspecified atom stereocenters. The van der Waals surface area contributed by atoms with E-state index in [0.717, 1.165) is 24.8 Å². The maximum Gasteiger partial charge on any atom is 0.302 e. The van der Waals surface area contributed by atoms with Gasteiger partial charge in [0, 0.05) is 18.8 Å². The van der Waals surface area contributed by atoms with Crippen molar-refractivity contribution in [3.8, 4) is 0 Å². The molecule has 3 N–H and O–H groups in total. The molecule has 0 saturated heterocycles. The summed E-state index contributed by atoms with van der Waals surface area (Å²) in [4.78, 5) is 22.0. The molecular weight excluding hydrogens is 360 g/mol. The van der Waals surface area contributed by atoms with Crippen LogP contribution < -0.4 is 0 Å². The highest BCUT2D eigenvalue weighted by Crippen LogP contribution is 2.63. The first-order valence-electron chi connectivity index (χ1n) is 10.4. The van der Waals surface area contributed by atoms with Gasteiger partial charge >= 0.3 is 5.97 Å². The largest absolute Gasteiger partial charge is 0.469 e. The fourth-order valence-corrected chi connectivity index (χ4v) is 6.52. The number of ether oxygens (including phenoxy) is 1. The molecule has 6 nitrogen and oxygen atoms in total. The van der Waals surface area contributed by atoms with E-state index in [4.69, 9.17) is 0 Å². The van der Waals surface area contributed by atoms with Crippen molar-refractivity contribution >= 4 is 11.8 Å². The molecule has 0 amide bonds. The van der Waals surface area contributed by atoms with Crippen molar-refractivity contribution in [2.75, 3.05) is 7.11 Å². The molecule has 0 radical (unpaired) electrons. The van der Waals surface area contributed by atoms with E-state index < -0.39 is 17.6 Å². The van der Waals surface area contributed by atoms with Crippen LogP contribution >= 0.6 is 0 Å². The van der Waals surface area contributed by atoms with Gasteiger partial charge in [-0.1, -0.05) is 25.5 Å². The molecule has 0 spiro atoms. The zero-order valence-corrected chi connectivity index (χ0v) is 17.4. The molecule has 0 aromatic rings. The Balaban J connectivity index is 0.000000403. The summed E-state index contributed by atoms with van der Waals surface area (Å²) in [5.41, 5.74) is 0.476. The van der Waals surface area contributed by atoms with Crippen molar-refractivity contribution in [3.05, 3.63) is 11.6 Å². The van der Waals surface area contributed by atoms with Crippen molar-refractivity contribution in [3.63, 3.8) is 0 Å². The quantitative estimate of drug-likeness (QED) is 0.429. The summed E-state index contributed by atoms with van der Waals surface area (Å²) in [7, 11) is 1.35. The summed E-state index contributed by atoms with van der Waals surface area (Å²) in [6.07, 6.45) is 4.57. The third kappa shape index (κ3) is 3.33. The van der Waals surface area contributed by atoms with Crippen molar-refractivity contribution in [1.82, 2.24) is 0 Å². The first-order valence-corrected chi connectivity index (χ1v) is 10.4. The van der Waals surface area contributed by atoms with E-state index in [1.54, 1.807) is 0 Å². The number of carbonyl (C=O) groups excluding carboxylic acids is 2. The van der Waals surface area contributed by atoms with Gasteiger partial charge in [0.15, 0.2) is 0 Å². The topological polar surface area (TPSA) is 104 Å². The summed E-state index contributed by atoms with van der Waals surface area (Å²) in [5, 5.41) is 31.8. The van der Waals surface area contributed by atoms with Crippen LogP contribution in [0.5, 0.6) is 0 Å². The van der Waals surface area contributed by atoms with E-state index in [2.05, 4.69) is 11.7 Å². The Morgan fingerprint density at radius 2 is 1.82 bits per heavy atom. The third-order valence-corrected chi connectivity index (χ3v) is 8.04. The predicted molar refractivity (Wildman–Crippen MR) is 103 cm³/mol. The molecule has 28 heavy (non-hydrogen) atoms. The first kappa shape index (κ1) is 21.5. The minimum atomic E-state index is -0.612. The lowest BCUT2D eigenvalue weighted by Gasteiger charge is -2.59. The normalized spacial score (nSPS) is 47.0. The smallest absolute Gasteiger partial charge is 0.302 e. The van der Waals surface area contributed by atoms with Gasteiger partial charge in [0.2, 0.25) is 0 Å². The van der Waals surface area contributed by atoms with Gasteiger partial charge in [-0.2, -0.15) is 0 Å². The number of hydrogen-bond acceptors (Lipinski definition) is 6. The lowest BCUT2D eigenvalue weighted by molar-refractivity contribution is -0.157. The summed E-state index contributed by atoms with van der Waals surface area (Å²) in [5.74, 6) is 0.129. The van der Waals surface area contributed by atoms with Gasteiger partial charge in [-0.25, -0.2) is 0 Å². The lowest BCUT2D eigenvalue weighted by atomic mass is 9.46. The number of methoxy groups -OCH3 is 1. The van der Waals surface area contributed by atoms with Gasteiger partial charge in [-0.15, -0.1) is 0 Å². The molecule has 158 valence electrons. The van der Waals surface area contributed by atoms with E-state index in [1.807, 2.05) is 13.0 Å². The Bertz CT molecular complexity index is 672. The highest BCUT2D eigenvalue weighted by atomic mass is 16.5. The Kier molecular flexibility index (Phi) is 5.78. The standard InChI is InChI=1S/C19H28O4.C3H6O2/c1-18-6-5-11(20)7-10(18)8-13(21)16-12-3-4-15(23)19(12,2)9-14(22)17(16)18;1-3(4)5-2/h8,11-14,16-17,20-22H,3-7,9H2,1-2H3;1-2H3/t11-,12?,13-,14+,16+,17-,18-,19-;/m0./s1. The van der Waals surface area contributed by atoms with Crippen molar-refractivity contribution in [2.24, 2.45) is 28.6 Å². The van der Waals surface area contributed by atoms with Gasteiger partial charge in [0.05, 0.1) is 25.4 Å². The van der Waals surface area contributed by atoms with Crippen LogP contribution in [0.25, 0.3) is 0 Å². The second-order valence-electron chi connectivity index (χ2n) is 9.55. The van der Waals surface area contributed by atoms with Crippen LogP contribution in [0.2, 0.25) is 0 Å². The van der Waals surface area contributed by atoms with E-state index in [-0.39, 0.29) is 41.0 Å². The molecule has 4 aliphatic carbocycles. The monoisotopic (exact) mass is 394 g/mol. The van der Waals surface area contributed by atoms with Gasteiger partial charge in [-0.05, 0) is 55.3 Å². The number of esters is 1. The van der Waals surface area contributed by atoms with Gasteiger partial charge in [0.1, 0.15) is 5.78 Å². The van der Waals surface area contributed by atoms with E-state index in [1.165, 1.54) is 14.0 Å². The molecule has 0 aromatic carbocycles. The van der Waals surface area contributed by atoms with Crippen LogP contribution in [0.4, 0.5) is 0 Å². The highest BCUT2D eigenvalue weighted by molar-refractivity contribution is 5.87. The Morgan fingerprint density at radius 1 is 1.18 bits per heavy atom. The molecule has 3 saturated carbocycles. The first-order chi connectivity index (χ1) is 13.0. The van der Waals surface area contributed by atoms with Crippen LogP contribution in [-0.4, -0.2) is 52.5 Å². The maximum atomic E-state index is 12.4. The molecule has 0 aromatic heterocycles. The van der Waals surface area contributed by atoms with Gasteiger partial charge in [-0.3, -0.25) is 9.59 Å². The molecule has 3 fully saturated rings. The van der Waals surface area contributed by atoms with Gasteiger partial charge in [0.25, 0.3) is 0 Å². The molecule has 8 atom stereocenters. The Morgan fingerprint density at radius 3 is 2.43 bits per heavy atom. The number of aliphatic hydroxyl groups is 3. The van der Waals surface area contributed by atoms with Crippen LogP contribution in [0.15, 0.2) is 11.6 Å². The highest BCUT2D eigenvalue weighted by Gasteiger charge is 2.63. The summed E-state index contributed by atoms with van der Waals surface area (Å²) < 4.78 is 4.11.